The normalized spacial score (nSPS) is 15.7. The summed E-state index contributed by atoms with van der Waals surface area (Å²) in [4.78, 5) is 26.2. The first kappa shape index (κ1) is 23.8. The van der Waals surface area contributed by atoms with Crippen LogP contribution in [0.3, 0.4) is 0 Å². The van der Waals surface area contributed by atoms with Gasteiger partial charge < -0.3 is 24.4 Å². The molecular formula is C23H27N3O7S. The van der Waals surface area contributed by atoms with Gasteiger partial charge in [0.15, 0.2) is 11.5 Å². The van der Waals surface area contributed by atoms with Crippen LogP contribution in [0, 0.1) is 0 Å². The zero-order chi connectivity index (χ0) is 24.1. The van der Waals surface area contributed by atoms with E-state index in [2.05, 4.69) is 10.0 Å². The average Bonchev–Trinajstić information content (AvgIpc) is 3.31. The Morgan fingerprint density at radius 1 is 1.09 bits per heavy atom. The summed E-state index contributed by atoms with van der Waals surface area (Å²) in [5.74, 6) is 0.836. The predicted octanol–water partition coefficient (Wildman–Crippen LogP) is 2.24. The molecule has 0 bridgehead atoms. The predicted molar refractivity (Wildman–Crippen MR) is 122 cm³/mol. The van der Waals surface area contributed by atoms with Crippen molar-refractivity contribution >= 4 is 22.0 Å². The largest absolute Gasteiger partial charge is 0.454 e. The molecule has 2 amide bonds. The lowest BCUT2D eigenvalue weighted by Gasteiger charge is -2.31. The molecule has 0 aliphatic carbocycles. The Hall–Kier alpha value is -3.31. The SMILES string of the molecule is CCOC(=O)N1CCC(NC(=O)c2cccc(S(=O)(=O)NCc3ccc4c(c3)OCO4)c2)CC1. The molecule has 0 aromatic heterocycles. The quantitative estimate of drug-likeness (QED) is 0.611. The number of carbonyl (C=O) groups excluding carboxylic acids is 2. The molecule has 4 rings (SSSR count). The fourth-order valence-electron chi connectivity index (χ4n) is 3.81. The van der Waals surface area contributed by atoms with E-state index in [4.69, 9.17) is 14.2 Å². The molecule has 34 heavy (non-hydrogen) atoms. The van der Waals surface area contributed by atoms with Crippen LogP contribution in [0.5, 0.6) is 11.5 Å². The molecule has 2 aromatic rings. The minimum atomic E-state index is -3.84. The zero-order valence-electron chi connectivity index (χ0n) is 18.8. The number of rotatable bonds is 7. The third-order valence-electron chi connectivity index (χ3n) is 5.67. The standard InChI is InChI=1S/C23H27N3O7S/c1-2-31-23(28)26-10-8-18(9-11-26)25-22(27)17-4-3-5-19(13-17)34(29,30)24-14-16-6-7-20-21(12-16)33-15-32-20/h3-7,12-13,18,24H,2,8-11,14-15H2,1H3,(H,25,27). The Bertz CT molecular complexity index is 1160. The molecule has 182 valence electrons. The minimum Gasteiger partial charge on any atom is -0.454 e. The number of fused-ring (bicyclic) bond motifs is 1. The fraction of sp³-hybridized carbons (Fsp3) is 0.391. The monoisotopic (exact) mass is 489 g/mol. The van der Waals surface area contributed by atoms with E-state index < -0.39 is 10.0 Å². The van der Waals surface area contributed by atoms with Crippen molar-refractivity contribution in [2.75, 3.05) is 26.5 Å². The number of sulfonamides is 1. The van der Waals surface area contributed by atoms with Gasteiger partial charge in [-0.25, -0.2) is 17.9 Å². The molecule has 0 spiro atoms. The van der Waals surface area contributed by atoms with E-state index >= 15 is 0 Å². The average molecular weight is 490 g/mol. The van der Waals surface area contributed by atoms with E-state index in [-0.39, 0.29) is 41.8 Å². The third kappa shape index (κ3) is 5.60. The molecule has 2 aromatic carbocycles. The van der Waals surface area contributed by atoms with Crippen molar-refractivity contribution in [3.05, 3.63) is 53.6 Å². The lowest BCUT2D eigenvalue weighted by Crippen LogP contribution is -2.46. The van der Waals surface area contributed by atoms with Crippen LogP contribution in [0.2, 0.25) is 0 Å². The Kier molecular flexibility index (Phi) is 7.23. The highest BCUT2D eigenvalue weighted by molar-refractivity contribution is 7.89. The molecule has 2 aliphatic heterocycles. The lowest BCUT2D eigenvalue weighted by molar-refractivity contribution is 0.0860. The number of amides is 2. The van der Waals surface area contributed by atoms with Gasteiger partial charge in [-0.2, -0.15) is 0 Å². The number of nitrogens with zero attached hydrogens (tertiary/aromatic N) is 1. The lowest BCUT2D eigenvalue weighted by atomic mass is 10.0. The first-order chi connectivity index (χ1) is 16.4. The van der Waals surface area contributed by atoms with Gasteiger partial charge in [0.05, 0.1) is 11.5 Å². The number of piperidine rings is 1. The number of nitrogens with one attached hydrogen (secondary N) is 2. The van der Waals surface area contributed by atoms with E-state index in [1.807, 2.05) is 0 Å². The van der Waals surface area contributed by atoms with E-state index in [9.17, 15) is 18.0 Å². The number of ether oxygens (including phenoxy) is 3. The van der Waals surface area contributed by atoms with Crippen molar-refractivity contribution in [2.24, 2.45) is 0 Å². The van der Waals surface area contributed by atoms with E-state index in [0.717, 1.165) is 5.56 Å². The molecule has 1 fully saturated rings. The Morgan fingerprint density at radius 3 is 2.62 bits per heavy atom. The molecule has 1 saturated heterocycles. The van der Waals surface area contributed by atoms with Gasteiger partial charge in [0.1, 0.15) is 0 Å². The van der Waals surface area contributed by atoms with Gasteiger partial charge in [0.2, 0.25) is 16.8 Å². The molecule has 0 saturated carbocycles. The van der Waals surface area contributed by atoms with Gasteiger partial charge in [0, 0.05) is 31.2 Å². The summed E-state index contributed by atoms with van der Waals surface area (Å²) in [6.45, 7) is 3.26. The second-order valence-electron chi connectivity index (χ2n) is 7.97. The summed E-state index contributed by atoms with van der Waals surface area (Å²) in [7, 11) is -3.84. The Morgan fingerprint density at radius 2 is 1.85 bits per heavy atom. The minimum absolute atomic E-state index is 0.00183. The van der Waals surface area contributed by atoms with Gasteiger partial charge in [-0.1, -0.05) is 12.1 Å². The van der Waals surface area contributed by atoms with Crippen LogP contribution < -0.4 is 19.5 Å². The van der Waals surface area contributed by atoms with Gasteiger partial charge >= 0.3 is 6.09 Å². The highest BCUT2D eigenvalue weighted by Crippen LogP contribution is 2.32. The van der Waals surface area contributed by atoms with Crippen LogP contribution in [-0.4, -0.2) is 57.8 Å². The summed E-state index contributed by atoms with van der Waals surface area (Å²) in [5.41, 5.74) is 0.967. The highest BCUT2D eigenvalue weighted by atomic mass is 32.2. The van der Waals surface area contributed by atoms with Crippen LogP contribution in [0.15, 0.2) is 47.4 Å². The van der Waals surface area contributed by atoms with Crippen molar-refractivity contribution < 1.29 is 32.2 Å². The maximum Gasteiger partial charge on any atom is 0.409 e. The summed E-state index contributed by atoms with van der Waals surface area (Å²) in [5, 5.41) is 2.93. The first-order valence-electron chi connectivity index (χ1n) is 11.1. The maximum absolute atomic E-state index is 12.8. The number of hydrogen-bond acceptors (Lipinski definition) is 7. The van der Waals surface area contributed by atoms with Crippen molar-refractivity contribution in [3.63, 3.8) is 0 Å². The Labute approximate surface area is 198 Å². The van der Waals surface area contributed by atoms with Crippen LogP contribution in [-0.2, 0) is 21.3 Å². The van der Waals surface area contributed by atoms with Crippen molar-refractivity contribution in [3.8, 4) is 11.5 Å². The molecule has 2 N–H and O–H groups in total. The number of benzene rings is 2. The molecule has 0 atom stereocenters. The topological polar surface area (TPSA) is 123 Å². The second-order valence-corrected chi connectivity index (χ2v) is 9.74. The molecular weight excluding hydrogens is 462 g/mol. The van der Waals surface area contributed by atoms with Gasteiger partial charge in [-0.15, -0.1) is 0 Å². The second kappa shape index (κ2) is 10.3. The zero-order valence-corrected chi connectivity index (χ0v) is 19.6. The van der Waals surface area contributed by atoms with Crippen LogP contribution in [0.1, 0.15) is 35.7 Å². The third-order valence-corrected chi connectivity index (χ3v) is 7.06. The molecule has 10 nitrogen and oxygen atoms in total. The van der Waals surface area contributed by atoms with Gasteiger partial charge in [-0.3, -0.25) is 4.79 Å². The fourth-order valence-corrected chi connectivity index (χ4v) is 4.87. The van der Waals surface area contributed by atoms with E-state index in [0.29, 0.717) is 44.0 Å². The first-order valence-corrected chi connectivity index (χ1v) is 12.5. The number of carbonyl (C=O) groups is 2. The van der Waals surface area contributed by atoms with Crippen molar-refractivity contribution in [1.82, 2.24) is 14.9 Å². The molecule has 2 heterocycles. The number of hydrogen-bond donors (Lipinski definition) is 2. The highest BCUT2D eigenvalue weighted by Gasteiger charge is 2.25. The van der Waals surface area contributed by atoms with Crippen LogP contribution >= 0.6 is 0 Å². The van der Waals surface area contributed by atoms with Gasteiger partial charge in [-0.05, 0) is 55.7 Å². The summed E-state index contributed by atoms with van der Waals surface area (Å²) in [6.07, 6.45) is 0.845. The van der Waals surface area contributed by atoms with Crippen LogP contribution in [0.4, 0.5) is 4.79 Å². The summed E-state index contributed by atoms with van der Waals surface area (Å²) in [6, 6.07) is 11.0. The molecule has 0 radical (unpaired) electrons. The molecule has 2 aliphatic rings. The maximum atomic E-state index is 12.8. The summed E-state index contributed by atoms with van der Waals surface area (Å²) < 4.78 is 43.8. The molecule has 11 heteroatoms. The van der Waals surface area contributed by atoms with Crippen LogP contribution in [0.25, 0.3) is 0 Å². The smallest absolute Gasteiger partial charge is 0.409 e. The summed E-state index contributed by atoms with van der Waals surface area (Å²) >= 11 is 0. The Balaban J connectivity index is 1.34. The van der Waals surface area contributed by atoms with Gasteiger partial charge in [0.25, 0.3) is 5.91 Å². The van der Waals surface area contributed by atoms with Crippen molar-refractivity contribution in [2.45, 2.75) is 37.2 Å². The van der Waals surface area contributed by atoms with E-state index in [1.165, 1.54) is 18.2 Å². The van der Waals surface area contributed by atoms with E-state index in [1.54, 1.807) is 36.1 Å². The van der Waals surface area contributed by atoms with Crippen molar-refractivity contribution in [1.29, 1.82) is 0 Å². The molecule has 0 unspecified atom stereocenters. The number of likely N-dealkylation sites (tertiary alicyclic amines) is 1.